The van der Waals surface area contributed by atoms with Gasteiger partial charge in [-0.15, -0.1) is 0 Å². The van der Waals surface area contributed by atoms with E-state index in [1.54, 1.807) is 47.6 Å². The Morgan fingerprint density at radius 3 is 2.21 bits per heavy atom. The molecule has 5 rings (SSSR count). The number of anilines is 2. The normalized spacial score (nSPS) is 13.8. The number of carbonyl (C=O) groups excluding carboxylic acids is 5. The highest BCUT2D eigenvalue weighted by molar-refractivity contribution is 6.06. The number of hydrogen-bond acceptors (Lipinski definition) is 9. The summed E-state index contributed by atoms with van der Waals surface area (Å²) in [6.07, 6.45) is 1.08. The summed E-state index contributed by atoms with van der Waals surface area (Å²) in [5.41, 5.74) is 4.91. The predicted molar refractivity (Wildman–Crippen MR) is 225 cm³/mol. The fourth-order valence-electron chi connectivity index (χ4n) is 6.77. The number of nitrogens with two attached hydrogens (primary N) is 1. The molecule has 324 valence electrons. The second-order valence-corrected chi connectivity index (χ2v) is 15.2. The van der Waals surface area contributed by atoms with Crippen LogP contribution in [-0.4, -0.2) is 89.2 Å². The maximum absolute atomic E-state index is 15.3. The molecule has 17 nitrogen and oxygen atoms in total. The van der Waals surface area contributed by atoms with Crippen molar-refractivity contribution in [2.24, 2.45) is 11.1 Å². The molecule has 4 aromatic rings. The molecule has 3 aromatic carbocycles. The molecular formula is C43H51FN8O9. The number of primary amides is 1. The topological polar surface area (TPSA) is 234 Å². The van der Waals surface area contributed by atoms with Gasteiger partial charge in [0.2, 0.25) is 23.2 Å². The fraction of sp³-hybridized carbons (Fsp3) is 0.372. The quantitative estimate of drug-likeness (QED) is 0.0698. The van der Waals surface area contributed by atoms with Crippen LogP contribution in [0, 0.1) is 11.2 Å². The highest BCUT2D eigenvalue weighted by Crippen LogP contribution is 2.27. The highest BCUT2D eigenvalue weighted by atomic mass is 19.1. The number of carbonyl (C=O) groups is 6. The number of benzene rings is 3. The number of pyridine rings is 1. The lowest BCUT2D eigenvalue weighted by atomic mass is 9.89. The highest BCUT2D eigenvalue weighted by Gasteiger charge is 2.39. The van der Waals surface area contributed by atoms with Gasteiger partial charge in [0.05, 0.1) is 17.2 Å². The second-order valence-electron chi connectivity index (χ2n) is 15.2. The van der Waals surface area contributed by atoms with Gasteiger partial charge in [0.25, 0.3) is 0 Å². The molecule has 6 amide bonds. The second kappa shape index (κ2) is 19.8. The maximum atomic E-state index is 15.3. The van der Waals surface area contributed by atoms with Crippen LogP contribution in [0.15, 0.2) is 77.7 Å². The van der Waals surface area contributed by atoms with Crippen LogP contribution in [0.3, 0.4) is 0 Å². The summed E-state index contributed by atoms with van der Waals surface area (Å²) in [5, 5.41) is 20.2. The Labute approximate surface area is 351 Å². The number of aryl methyl sites for hydroxylation is 1. The summed E-state index contributed by atoms with van der Waals surface area (Å²) < 4.78 is 22.5. The van der Waals surface area contributed by atoms with Gasteiger partial charge in [-0.2, -0.15) is 0 Å². The molecule has 2 atom stereocenters. The van der Waals surface area contributed by atoms with E-state index in [9.17, 15) is 38.7 Å². The summed E-state index contributed by atoms with van der Waals surface area (Å²) >= 11 is 0. The van der Waals surface area contributed by atoms with E-state index in [2.05, 4.69) is 21.3 Å². The number of hydrogen-bond donors (Lipinski definition) is 6. The van der Waals surface area contributed by atoms with E-state index >= 15 is 4.39 Å². The first-order chi connectivity index (χ1) is 29.0. The lowest BCUT2D eigenvalue weighted by Gasteiger charge is -2.35. The SMILES string of the molecule is CCn1cc(C(=O)O)c(=O)c2cc(F)c(N3CCN(C(=O)OCc4ccc(NC(=O)C(CCCNC(N)=O)NC(=O)C(C)(C)C(=O)NC(C)c5ccccc5)cc4)CC3)cc21. The van der Waals surface area contributed by atoms with Crippen LogP contribution >= 0.6 is 0 Å². The third-order valence-electron chi connectivity index (χ3n) is 10.6. The Morgan fingerprint density at radius 2 is 1.59 bits per heavy atom. The van der Waals surface area contributed by atoms with E-state index in [-0.39, 0.29) is 69.3 Å². The Kier molecular flexibility index (Phi) is 14.7. The van der Waals surface area contributed by atoms with Crippen LogP contribution in [0.4, 0.5) is 25.4 Å². The molecule has 0 saturated carbocycles. The van der Waals surface area contributed by atoms with Crippen molar-refractivity contribution in [2.45, 2.75) is 65.8 Å². The molecule has 2 heterocycles. The molecule has 0 radical (unpaired) electrons. The zero-order valence-corrected chi connectivity index (χ0v) is 34.5. The van der Waals surface area contributed by atoms with Gasteiger partial charge >= 0.3 is 18.1 Å². The number of amides is 6. The fourth-order valence-corrected chi connectivity index (χ4v) is 6.77. The Balaban J connectivity index is 1.15. The van der Waals surface area contributed by atoms with E-state index in [1.807, 2.05) is 30.3 Å². The number of aromatic carboxylic acids is 1. The van der Waals surface area contributed by atoms with E-state index in [0.717, 1.165) is 11.6 Å². The summed E-state index contributed by atoms with van der Waals surface area (Å²) in [6.45, 7) is 7.95. The number of piperazine rings is 1. The molecule has 7 N–H and O–H groups in total. The predicted octanol–water partition coefficient (Wildman–Crippen LogP) is 4.09. The standard InChI is InChI=1S/C43H51FN8O9/c1-5-50-24-31(38(55)56)36(53)30-22-32(44)35(23-34(30)50)51-18-20-52(21-19-51)42(60)61-25-27-13-15-29(16-14-27)48-37(54)33(12-9-17-46-41(45)59)49-40(58)43(3,4)39(57)47-26(2)28-10-7-6-8-11-28/h6-8,10-11,13-16,22-24,26,33H,5,9,12,17-21,25H2,1-4H3,(H,47,57)(H,48,54)(H,49,58)(H,55,56)(H3,45,46,59). The minimum Gasteiger partial charge on any atom is -0.477 e. The number of halogens is 1. The van der Waals surface area contributed by atoms with Gasteiger partial charge in [-0.1, -0.05) is 42.5 Å². The molecule has 2 unspecified atom stereocenters. The number of ether oxygens (including phenoxy) is 1. The van der Waals surface area contributed by atoms with Crippen molar-refractivity contribution < 1.29 is 43.0 Å². The summed E-state index contributed by atoms with van der Waals surface area (Å²) in [4.78, 5) is 92.0. The average molecular weight is 843 g/mol. The number of nitrogens with zero attached hydrogens (tertiary/aromatic N) is 3. The minimum absolute atomic E-state index is 0.0309. The van der Waals surface area contributed by atoms with Crippen molar-refractivity contribution in [3.63, 3.8) is 0 Å². The molecule has 18 heteroatoms. The number of carboxylic acid groups (broad SMARTS) is 1. The number of fused-ring (bicyclic) bond motifs is 1. The molecule has 0 spiro atoms. The molecule has 0 aliphatic carbocycles. The van der Waals surface area contributed by atoms with Crippen LogP contribution < -0.4 is 37.3 Å². The van der Waals surface area contributed by atoms with Crippen LogP contribution in [0.5, 0.6) is 0 Å². The van der Waals surface area contributed by atoms with Crippen LogP contribution in [-0.2, 0) is 32.3 Å². The van der Waals surface area contributed by atoms with E-state index < -0.39 is 64.1 Å². The molecule has 61 heavy (non-hydrogen) atoms. The monoisotopic (exact) mass is 842 g/mol. The zero-order chi connectivity index (χ0) is 44.4. The smallest absolute Gasteiger partial charge is 0.410 e. The van der Waals surface area contributed by atoms with Gasteiger partial charge in [-0.3, -0.25) is 19.2 Å². The molecule has 1 aromatic heterocycles. The van der Waals surface area contributed by atoms with Crippen molar-refractivity contribution in [1.29, 1.82) is 0 Å². The van der Waals surface area contributed by atoms with E-state index in [4.69, 9.17) is 10.5 Å². The van der Waals surface area contributed by atoms with Gasteiger partial charge in [0.15, 0.2) is 0 Å². The first kappa shape index (κ1) is 45.1. The minimum atomic E-state index is -1.55. The Bertz CT molecular complexity index is 2330. The van der Waals surface area contributed by atoms with Crippen LogP contribution in [0.25, 0.3) is 10.9 Å². The molecular weight excluding hydrogens is 792 g/mol. The molecule has 1 fully saturated rings. The number of rotatable bonds is 16. The van der Waals surface area contributed by atoms with Crippen LogP contribution in [0.2, 0.25) is 0 Å². The van der Waals surface area contributed by atoms with Crippen molar-refractivity contribution in [2.75, 3.05) is 42.9 Å². The summed E-state index contributed by atoms with van der Waals surface area (Å²) in [7, 11) is 0. The zero-order valence-electron chi connectivity index (χ0n) is 34.5. The number of urea groups is 1. The number of nitrogens with one attached hydrogen (secondary N) is 4. The third kappa shape index (κ3) is 11.2. The molecule has 0 bridgehead atoms. The molecule has 1 aliphatic heterocycles. The van der Waals surface area contributed by atoms with Gasteiger partial charge in [-0.05, 0) is 75.9 Å². The maximum Gasteiger partial charge on any atom is 0.410 e. The molecule has 1 saturated heterocycles. The van der Waals surface area contributed by atoms with Crippen molar-refractivity contribution in [3.05, 3.63) is 106 Å². The van der Waals surface area contributed by atoms with Crippen molar-refractivity contribution in [1.82, 2.24) is 25.4 Å². The van der Waals surface area contributed by atoms with Crippen molar-refractivity contribution >= 4 is 58.1 Å². The van der Waals surface area contributed by atoms with Gasteiger partial charge < -0.3 is 51.2 Å². The summed E-state index contributed by atoms with van der Waals surface area (Å²) in [6, 6.07) is 16.2. The van der Waals surface area contributed by atoms with E-state index in [1.165, 1.54) is 31.0 Å². The third-order valence-corrected chi connectivity index (χ3v) is 10.6. The Hall–Kier alpha value is -6.98. The number of carboxylic acids is 1. The summed E-state index contributed by atoms with van der Waals surface area (Å²) in [5.74, 6) is -3.83. The number of aromatic nitrogens is 1. The van der Waals surface area contributed by atoms with Crippen molar-refractivity contribution in [3.8, 4) is 0 Å². The lowest BCUT2D eigenvalue weighted by molar-refractivity contribution is -0.143. The molecule has 1 aliphatic rings. The van der Waals surface area contributed by atoms with Crippen LogP contribution in [0.1, 0.15) is 68.1 Å². The van der Waals surface area contributed by atoms with E-state index in [0.29, 0.717) is 23.3 Å². The first-order valence-corrected chi connectivity index (χ1v) is 19.9. The van der Waals surface area contributed by atoms with Gasteiger partial charge in [0.1, 0.15) is 29.4 Å². The largest absolute Gasteiger partial charge is 0.477 e. The Morgan fingerprint density at radius 1 is 0.934 bits per heavy atom. The average Bonchev–Trinajstić information content (AvgIpc) is 3.24. The first-order valence-electron chi connectivity index (χ1n) is 19.9. The van der Waals surface area contributed by atoms with Gasteiger partial charge in [-0.25, -0.2) is 18.8 Å². The lowest BCUT2D eigenvalue weighted by Crippen LogP contribution is -2.53. The van der Waals surface area contributed by atoms with Gasteiger partial charge in [0, 0.05) is 56.5 Å².